The third-order valence-corrected chi connectivity index (χ3v) is 4.78. The van der Waals surface area contributed by atoms with E-state index in [9.17, 15) is 0 Å². The highest BCUT2D eigenvalue weighted by Gasteiger charge is 2.00. The molecule has 0 aromatic carbocycles. The van der Waals surface area contributed by atoms with E-state index in [1.807, 2.05) is 0 Å². The minimum Gasteiger partial charge on any atom is -0.330 e. The molecule has 0 amide bonds. The maximum Gasteiger partial charge on any atom is 0.237 e. The molecule has 0 aromatic rings. The first-order valence-electron chi connectivity index (χ1n) is 6.25. The summed E-state index contributed by atoms with van der Waals surface area (Å²) in [6, 6.07) is 1.08. The van der Waals surface area contributed by atoms with E-state index in [4.69, 9.17) is 27.9 Å². The van der Waals surface area contributed by atoms with Gasteiger partial charge in [0.25, 0.3) is 0 Å². The monoisotopic (exact) mass is 269 g/mol. The van der Waals surface area contributed by atoms with Gasteiger partial charge in [-0.2, -0.15) is 22.2 Å². The van der Waals surface area contributed by atoms with Crippen LogP contribution in [0, 0.1) is 0 Å². The van der Waals surface area contributed by atoms with Crippen molar-refractivity contribution in [1.82, 2.24) is 0 Å². The van der Waals surface area contributed by atoms with Crippen LogP contribution in [-0.2, 0) is 0 Å². The van der Waals surface area contributed by atoms with Crippen molar-refractivity contribution in [3.8, 4) is 0 Å². The molecule has 0 aromatic heterocycles. The van der Waals surface area contributed by atoms with Crippen molar-refractivity contribution in [3.63, 3.8) is 0 Å². The van der Waals surface area contributed by atoms with Gasteiger partial charge in [-0.15, -0.1) is 0 Å². The van der Waals surface area contributed by atoms with Crippen molar-refractivity contribution >= 4 is 29.6 Å². The molecule has 0 bridgehead atoms. The molecule has 2 N–H and O–H groups in total. The number of hydrogen-bond donors (Lipinski definition) is 1. The normalized spacial score (nSPS) is 11.2. The zero-order valence-electron chi connectivity index (χ0n) is 9.69. The van der Waals surface area contributed by atoms with Crippen LogP contribution in [-0.4, -0.2) is 14.0 Å². The summed E-state index contributed by atoms with van der Waals surface area (Å²) in [5.74, 6) is 0. The second-order valence-corrected chi connectivity index (χ2v) is 9.34. The van der Waals surface area contributed by atoms with Crippen LogP contribution in [0.5, 0.6) is 0 Å². The molecule has 0 spiro atoms. The Kier molecular flexibility index (Phi) is 13.5. The van der Waals surface area contributed by atoms with Crippen molar-refractivity contribution in [2.75, 3.05) is 6.54 Å². The Morgan fingerprint density at radius 2 is 1.07 bits per heavy atom. The van der Waals surface area contributed by atoms with Crippen molar-refractivity contribution < 1.29 is 0 Å². The van der Waals surface area contributed by atoms with E-state index < -0.39 is 7.42 Å². The van der Waals surface area contributed by atoms with Gasteiger partial charge in [0.05, 0.1) is 0 Å². The summed E-state index contributed by atoms with van der Waals surface area (Å²) in [6.07, 6.45) is 11.9. The standard InChI is InChI=1S/C11H25Cl2NSi/c12-15(13)11-9-7-5-3-1-2-4-6-8-10-14/h15H,1-11,14H2. The molecule has 0 aliphatic rings. The van der Waals surface area contributed by atoms with Gasteiger partial charge < -0.3 is 5.73 Å². The van der Waals surface area contributed by atoms with Gasteiger partial charge in [0, 0.05) is 0 Å². The third-order valence-electron chi connectivity index (χ3n) is 2.63. The number of nitrogens with two attached hydrogens (primary N) is 1. The lowest BCUT2D eigenvalue weighted by Crippen LogP contribution is -1.97. The molecule has 0 radical (unpaired) electrons. The second kappa shape index (κ2) is 12.8. The lowest BCUT2D eigenvalue weighted by molar-refractivity contribution is 0.567. The molecule has 0 saturated carbocycles. The molecule has 15 heavy (non-hydrogen) atoms. The van der Waals surface area contributed by atoms with Gasteiger partial charge in [0.2, 0.25) is 7.42 Å². The fourth-order valence-electron chi connectivity index (χ4n) is 1.68. The maximum atomic E-state index is 5.78. The van der Waals surface area contributed by atoms with Crippen LogP contribution in [0.15, 0.2) is 0 Å². The van der Waals surface area contributed by atoms with Gasteiger partial charge in [0.1, 0.15) is 0 Å². The minimum absolute atomic E-state index is 0.849. The lowest BCUT2D eigenvalue weighted by Gasteiger charge is -2.02. The van der Waals surface area contributed by atoms with Crippen molar-refractivity contribution in [2.45, 2.75) is 63.8 Å². The molecule has 1 nitrogen and oxygen atoms in total. The zero-order chi connectivity index (χ0) is 11.4. The predicted molar refractivity (Wildman–Crippen MR) is 74.3 cm³/mol. The van der Waals surface area contributed by atoms with Crippen LogP contribution in [0.2, 0.25) is 6.04 Å². The van der Waals surface area contributed by atoms with Gasteiger partial charge in [-0.3, -0.25) is 0 Å². The number of hydrogen-bond acceptors (Lipinski definition) is 1. The Morgan fingerprint density at radius 1 is 0.667 bits per heavy atom. The van der Waals surface area contributed by atoms with E-state index in [1.165, 1.54) is 57.8 Å². The first-order chi connectivity index (χ1) is 7.27. The van der Waals surface area contributed by atoms with Crippen LogP contribution < -0.4 is 5.73 Å². The molecule has 4 heteroatoms. The highest BCUT2D eigenvalue weighted by molar-refractivity contribution is 7.33. The molecule has 0 atom stereocenters. The molecule has 0 rings (SSSR count). The molecular formula is C11H25Cl2NSi. The predicted octanol–water partition coefficient (Wildman–Crippen LogP) is 4.15. The van der Waals surface area contributed by atoms with E-state index in [0.29, 0.717) is 0 Å². The Hall–Kier alpha value is 0.757. The summed E-state index contributed by atoms with van der Waals surface area (Å²) in [7, 11) is -1.32. The lowest BCUT2D eigenvalue weighted by atomic mass is 10.1. The fraction of sp³-hybridized carbons (Fsp3) is 1.00. The SMILES string of the molecule is NCCCCCCCCCCC[SiH](Cl)Cl. The molecule has 0 fully saturated rings. The highest BCUT2D eigenvalue weighted by Crippen LogP contribution is 2.13. The smallest absolute Gasteiger partial charge is 0.237 e. The third kappa shape index (κ3) is 14.8. The zero-order valence-corrected chi connectivity index (χ0v) is 12.4. The largest absolute Gasteiger partial charge is 0.330 e. The van der Waals surface area contributed by atoms with Gasteiger partial charge in [-0.05, 0) is 19.0 Å². The maximum absolute atomic E-state index is 5.78. The number of rotatable bonds is 11. The first-order valence-corrected chi connectivity index (χ1v) is 10.6. The summed E-state index contributed by atoms with van der Waals surface area (Å²) in [4.78, 5) is 0. The van der Waals surface area contributed by atoms with Gasteiger partial charge >= 0.3 is 0 Å². The van der Waals surface area contributed by atoms with E-state index in [0.717, 1.165) is 12.6 Å². The summed E-state index contributed by atoms with van der Waals surface area (Å²) in [5, 5.41) is 0. The number of halogens is 2. The molecule has 0 saturated heterocycles. The van der Waals surface area contributed by atoms with Crippen molar-refractivity contribution in [2.24, 2.45) is 5.73 Å². The molecule has 0 aliphatic carbocycles. The first kappa shape index (κ1) is 15.8. The average molecular weight is 270 g/mol. The summed E-state index contributed by atoms with van der Waals surface area (Å²) in [5.41, 5.74) is 5.43. The summed E-state index contributed by atoms with van der Waals surface area (Å²) < 4.78 is 0. The van der Waals surface area contributed by atoms with Crippen molar-refractivity contribution in [3.05, 3.63) is 0 Å². The Morgan fingerprint density at radius 3 is 1.47 bits per heavy atom. The van der Waals surface area contributed by atoms with Crippen molar-refractivity contribution in [1.29, 1.82) is 0 Å². The van der Waals surface area contributed by atoms with Gasteiger partial charge in [-0.25, -0.2) is 0 Å². The van der Waals surface area contributed by atoms with Crippen LogP contribution in [0.3, 0.4) is 0 Å². The van der Waals surface area contributed by atoms with E-state index in [2.05, 4.69) is 0 Å². The molecular weight excluding hydrogens is 245 g/mol. The van der Waals surface area contributed by atoms with E-state index >= 15 is 0 Å². The summed E-state index contributed by atoms with van der Waals surface area (Å²) >= 11 is 11.6. The summed E-state index contributed by atoms with van der Waals surface area (Å²) in [6.45, 7) is 0.849. The van der Waals surface area contributed by atoms with Crippen LogP contribution in [0.25, 0.3) is 0 Å². The highest BCUT2D eigenvalue weighted by atomic mass is 35.7. The van der Waals surface area contributed by atoms with Gasteiger partial charge in [-0.1, -0.05) is 51.4 Å². The topological polar surface area (TPSA) is 26.0 Å². The van der Waals surface area contributed by atoms with Crippen LogP contribution in [0.4, 0.5) is 0 Å². The molecule has 0 aliphatic heterocycles. The average Bonchev–Trinajstić information content (AvgIpc) is 2.20. The molecule has 0 heterocycles. The minimum atomic E-state index is -1.32. The Balaban J connectivity index is 2.87. The second-order valence-electron chi connectivity index (χ2n) is 4.15. The molecule has 0 unspecified atom stereocenters. The Labute approximate surface area is 106 Å². The van der Waals surface area contributed by atoms with Gasteiger partial charge in [0.15, 0.2) is 0 Å². The van der Waals surface area contributed by atoms with Crippen LogP contribution in [0.1, 0.15) is 57.8 Å². The van der Waals surface area contributed by atoms with Crippen LogP contribution >= 0.6 is 22.2 Å². The molecule has 92 valence electrons. The number of unbranched alkanes of at least 4 members (excludes halogenated alkanes) is 8. The fourth-order valence-corrected chi connectivity index (χ4v) is 3.20. The van der Waals surface area contributed by atoms with E-state index in [1.54, 1.807) is 0 Å². The quantitative estimate of drug-likeness (QED) is 0.340. The van der Waals surface area contributed by atoms with E-state index in [-0.39, 0.29) is 0 Å². The Bertz CT molecular complexity index is 123.